The fourth-order valence-electron chi connectivity index (χ4n) is 2.11. The molecule has 2 heteroatoms. The van der Waals surface area contributed by atoms with Gasteiger partial charge in [-0.15, -0.1) is 0 Å². The van der Waals surface area contributed by atoms with Gasteiger partial charge < -0.3 is 11.1 Å². The minimum atomic E-state index is 0.256. The predicted octanol–water partition coefficient (Wildman–Crippen LogP) is 2.24. The average Bonchev–Trinajstić information content (AvgIpc) is 2.19. The molecule has 1 atom stereocenters. The first kappa shape index (κ1) is 11.0. The lowest BCUT2D eigenvalue weighted by Crippen LogP contribution is -2.44. The van der Waals surface area contributed by atoms with Crippen molar-refractivity contribution in [3.05, 3.63) is 0 Å². The molecule has 0 radical (unpaired) electrons. The number of hydrogen-bond donors (Lipinski definition) is 2. The molecule has 1 aliphatic rings. The van der Waals surface area contributed by atoms with Gasteiger partial charge in [-0.05, 0) is 31.7 Å². The van der Waals surface area contributed by atoms with Gasteiger partial charge in [0.2, 0.25) is 0 Å². The summed E-state index contributed by atoms with van der Waals surface area (Å²) in [6.07, 6.45) is 9.61. The number of rotatable bonds is 5. The fraction of sp³-hybridized carbons (Fsp3) is 1.00. The topological polar surface area (TPSA) is 38.0 Å². The molecule has 0 saturated heterocycles. The Kier molecular flexibility index (Phi) is 5.40. The van der Waals surface area contributed by atoms with Crippen molar-refractivity contribution in [3.63, 3.8) is 0 Å². The zero-order valence-corrected chi connectivity index (χ0v) is 8.89. The summed E-state index contributed by atoms with van der Waals surface area (Å²) in [5.41, 5.74) is 6.08. The third kappa shape index (κ3) is 4.10. The Balaban J connectivity index is 2.09. The van der Waals surface area contributed by atoms with E-state index in [1.165, 1.54) is 44.9 Å². The molecule has 0 aromatic rings. The molecule has 1 aliphatic carbocycles. The van der Waals surface area contributed by atoms with Crippen molar-refractivity contribution in [2.45, 2.75) is 58.0 Å². The maximum atomic E-state index is 6.08. The highest BCUT2D eigenvalue weighted by Crippen LogP contribution is 2.24. The molecule has 2 nitrogen and oxygen atoms in total. The van der Waals surface area contributed by atoms with E-state index in [1.807, 2.05) is 0 Å². The quantitative estimate of drug-likeness (QED) is 0.508. The smallest absolute Gasteiger partial charge is 0.0575 e. The number of hydrogen-bond acceptors (Lipinski definition) is 2. The summed E-state index contributed by atoms with van der Waals surface area (Å²) < 4.78 is 0. The van der Waals surface area contributed by atoms with Crippen molar-refractivity contribution in [1.82, 2.24) is 5.32 Å². The Morgan fingerprint density at radius 3 is 2.62 bits per heavy atom. The summed E-state index contributed by atoms with van der Waals surface area (Å²) in [5.74, 6) is 0.741. The van der Waals surface area contributed by atoms with E-state index in [-0.39, 0.29) is 6.17 Å². The number of nitrogens with one attached hydrogen (secondary N) is 1. The Hall–Kier alpha value is -0.0800. The van der Waals surface area contributed by atoms with Crippen LogP contribution in [0.5, 0.6) is 0 Å². The van der Waals surface area contributed by atoms with Crippen LogP contribution in [0.3, 0.4) is 0 Å². The van der Waals surface area contributed by atoms with Crippen LogP contribution in [-0.2, 0) is 0 Å². The maximum absolute atomic E-state index is 6.08. The van der Waals surface area contributed by atoms with Gasteiger partial charge in [-0.2, -0.15) is 0 Å². The van der Waals surface area contributed by atoms with Gasteiger partial charge in [-0.3, -0.25) is 0 Å². The van der Waals surface area contributed by atoms with Crippen LogP contribution < -0.4 is 11.1 Å². The van der Waals surface area contributed by atoms with Gasteiger partial charge >= 0.3 is 0 Å². The monoisotopic (exact) mass is 184 g/mol. The summed E-state index contributed by atoms with van der Waals surface area (Å²) in [6, 6.07) is 0. The summed E-state index contributed by atoms with van der Waals surface area (Å²) in [7, 11) is 0. The van der Waals surface area contributed by atoms with Gasteiger partial charge in [-0.1, -0.05) is 32.6 Å². The van der Waals surface area contributed by atoms with E-state index in [1.54, 1.807) is 0 Å². The first-order valence-electron chi connectivity index (χ1n) is 5.83. The van der Waals surface area contributed by atoms with Crippen LogP contribution in [0.4, 0.5) is 0 Å². The lowest BCUT2D eigenvalue weighted by molar-refractivity contribution is 0.272. The zero-order chi connectivity index (χ0) is 9.52. The van der Waals surface area contributed by atoms with Gasteiger partial charge in [-0.25, -0.2) is 0 Å². The van der Waals surface area contributed by atoms with E-state index in [9.17, 15) is 0 Å². The Labute approximate surface area is 82.3 Å². The fourth-order valence-corrected chi connectivity index (χ4v) is 2.11. The van der Waals surface area contributed by atoms with E-state index in [0.717, 1.165) is 12.5 Å². The summed E-state index contributed by atoms with van der Waals surface area (Å²) >= 11 is 0. The molecule has 3 N–H and O–H groups in total. The van der Waals surface area contributed by atoms with Crippen LogP contribution in [0.15, 0.2) is 0 Å². The van der Waals surface area contributed by atoms with Crippen LogP contribution in [0.1, 0.15) is 51.9 Å². The highest BCUT2D eigenvalue weighted by atomic mass is 15.0. The van der Waals surface area contributed by atoms with Crippen LogP contribution in [0.2, 0.25) is 0 Å². The Morgan fingerprint density at radius 2 is 2.00 bits per heavy atom. The van der Waals surface area contributed by atoms with E-state index in [0.29, 0.717) is 0 Å². The van der Waals surface area contributed by atoms with Crippen molar-refractivity contribution in [2.24, 2.45) is 11.7 Å². The summed E-state index contributed by atoms with van der Waals surface area (Å²) in [5, 5.41) is 3.43. The van der Waals surface area contributed by atoms with Crippen LogP contribution in [-0.4, -0.2) is 12.7 Å². The SMILES string of the molecule is CCCCNC(N)C1CCCCC1. The maximum Gasteiger partial charge on any atom is 0.0575 e. The van der Waals surface area contributed by atoms with Crippen LogP contribution in [0, 0.1) is 5.92 Å². The molecule has 1 fully saturated rings. The normalized spacial score (nSPS) is 21.7. The third-order valence-corrected chi connectivity index (χ3v) is 3.07. The van der Waals surface area contributed by atoms with E-state index in [2.05, 4.69) is 12.2 Å². The Morgan fingerprint density at radius 1 is 1.31 bits per heavy atom. The van der Waals surface area contributed by atoms with Crippen molar-refractivity contribution in [2.75, 3.05) is 6.54 Å². The molecule has 1 saturated carbocycles. The van der Waals surface area contributed by atoms with E-state index >= 15 is 0 Å². The highest BCUT2D eigenvalue weighted by Gasteiger charge is 2.19. The van der Waals surface area contributed by atoms with E-state index in [4.69, 9.17) is 5.73 Å². The van der Waals surface area contributed by atoms with Gasteiger partial charge in [0.15, 0.2) is 0 Å². The molecular formula is C11H24N2. The van der Waals surface area contributed by atoms with Crippen LogP contribution in [0.25, 0.3) is 0 Å². The Bertz CT molecular complexity index is 119. The lowest BCUT2D eigenvalue weighted by atomic mass is 9.87. The molecule has 0 heterocycles. The second-order valence-corrected chi connectivity index (χ2v) is 4.23. The minimum absolute atomic E-state index is 0.256. The molecule has 0 spiro atoms. The second kappa shape index (κ2) is 6.39. The van der Waals surface area contributed by atoms with Crippen molar-refractivity contribution in [1.29, 1.82) is 0 Å². The number of unbranched alkanes of at least 4 members (excludes halogenated alkanes) is 1. The second-order valence-electron chi connectivity index (χ2n) is 4.23. The molecule has 0 aliphatic heterocycles. The molecular weight excluding hydrogens is 160 g/mol. The van der Waals surface area contributed by atoms with Crippen molar-refractivity contribution in [3.8, 4) is 0 Å². The van der Waals surface area contributed by atoms with Gasteiger partial charge in [0.25, 0.3) is 0 Å². The van der Waals surface area contributed by atoms with E-state index < -0.39 is 0 Å². The molecule has 0 bridgehead atoms. The van der Waals surface area contributed by atoms with Crippen LogP contribution >= 0.6 is 0 Å². The predicted molar refractivity (Wildman–Crippen MR) is 57.5 cm³/mol. The van der Waals surface area contributed by atoms with Gasteiger partial charge in [0.05, 0.1) is 6.17 Å². The summed E-state index contributed by atoms with van der Waals surface area (Å²) in [6.45, 7) is 3.31. The molecule has 0 aromatic heterocycles. The largest absolute Gasteiger partial charge is 0.316 e. The third-order valence-electron chi connectivity index (χ3n) is 3.07. The molecule has 78 valence electrons. The van der Waals surface area contributed by atoms with Gasteiger partial charge in [0.1, 0.15) is 0 Å². The zero-order valence-electron chi connectivity index (χ0n) is 8.89. The summed E-state index contributed by atoms with van der Waals surface area (Å²) in [4.78, 5) is 0. The first-order chi connectivity index (χ1) is 6.34. The minimum Gasteiger partial charge on any atom is -0.316 e. The standard InChI is InChI=1S/C11H24N2/c1-2-3-9-13-11(12)10-7-5-4-6-8-10/h10-11,13H,2-9,12H2,1H3. The molecule has 0 aromatic carbocycles. The molecule has 0 amide bonds. The molecule has 13 heavy (non-hydrogen) atoms. The highest BCUT2D eigenvalue weighted by molar-refractivity contribution is 4.74. The first-order valence-corrected chi connectivity index (χ1v) is 5.83. The number of nitrogens with two attached hydrogens (primary N) is 1. The lowest BCUT2D eigenvalue weighted by Gasteiger charge is -2.28. The molecule has 1 unspecified atom stereocenters. The average molecular weight is 184 g/mol. The molecule has 1 rings (SSSR count). The van der Waals surface area contributed by atoms with Crippen molar-refractivity contribution >= 4 is 0 Å². The van der Waals surface area contributed by atoms with Gasteiger partial charge in [0, 0.05) is 0 Å². The van der Waals surface area contributed by atoms with Crippen molar-refractivity contribution < 1.29 is 0 Å².